The van der Waals surface area contributed by atoms with Crippen LogP contribution in [0.3, 0.4) is 0 Å². The van der Waals surface area contributed by atoms with Crippen molar-refractivity contribution >= 4 is 11.9 Å². The summed E-state index contributed by atoms with van der Waals surface area (Å²) in [7, 11) is 0. The van der Waals surface area contributed by atoms with E-state index in [4.69, 9.17) is 5.11 Å². The first-order chi connectivity index (χ1) is 12.6. The van der Waals surface area contributed by atoms with E-state index in [9.17, 15) is 9.59 Å². The average molecular weight is 358 g/mol. The second kappa shape index (κ2) is 8.67. The van der Waals surface area contributed by atoms with Crippen molar-refractivity contribution in [2.24, 2.45) is 11.8 Å². The van der Waals surface area contributed by atoms with Crippen LogP contribution in [0.15, 0.2) is 24.3 Å². The van der Waals surface area contributed by atoms with E-state index in [0.717, 1.165) is 25.9 Å². The van der Waals surface area contributed by atoms with Crippen molar-refractivity contribution in [3.05, 3.63) is 35.4 Å². The van der Waals surface area contributed by atoms with E-state index in [1.807, 2.05) is 0 Å². The zero-order valence-electron chi connectivity index (χ0n) is 15.6. The van der Waals surface area contributed by atoms with Gasteiger partial charge in [0.25, 0.3) is 0 Å². The molecule has 1 aliphatic carbocycles. The van der Waals surface area contributed by atoms with E-state index in [1.165, 1.54) is 11.1 Å². The molecule has 1 fully saturated rings. The van der Waals surface area contributed by atoms with Crippen LogP contribution in [0.1, 0.15) is 50.2 Å². The second-order valence-corrected chi connectivity index (χ2v) is 7.68. The molecule has 1 aromatic rings. The summed E-state index contributed by atoms with van der Waals surface area (Å²) in [5.74, 6) is -0.911. The molecule has 1 atom stereocenters. The number of carbonyl (C=O) groups excluding carboxylic acids is 1. The van der Waals surface area contributed by atoms with Gasteiger partial charge < -0.3 is 10.4 Å². The largest absolute Gasteiger partial charge is 0.481 e. The number of rotatable bonds is 6. The number of nitrogens with zero attached hydrogens (tertiary/aromatic N) is 1. The van der Waals surface area contributed by atoms with Crippen molar-refractivity contribution in [1.82, 2.24) is 10.2 Å². The highest BCUT2D eigenvalue weighted by Gasteiger charge is 2.30. The number of amides is 1. The Kier molecular flexibility index (Phi) is 6.30. The van der Waals surface area contributed by atoms with Gasteiger partial charge in [0.2, 0.25) is 5.91 Å². The summed E-state index contributed by atoms with van der Waals surface area (Å²) in [5.41, 5.74) is 2.84. The van der Waals surface area contributed by atoms with Crippen LogP contribution < -0.4 is 5.32 Å². The number of carboxylic acid groups (broad SMARTS) is 1. The minimum atomic E-state index is -0.722. The quantitative estimate of drug-likeness (QED) is 0.820. The first-order valence-corrected chi connectivity index (χ1v) is 9.89. The molecule has 1 aliphatic heterocycles. The Morgan fingerprint density at radius 3 is 2.46 bits per heavy atom. The number of carbonyl (C=O) groups is 2. The molecule has 0 radical (unpaired) electrons. The number of benzene rings is 1. The molecule has 1 saturated carbocycles. The van der Waals surface area contributed by atoms with E-state index >= 15 is 0 Å². The smallest absolute Gasteiger partial charge is 0.306 e. The van der Waals surface area contributed by atoms with Crippen molar-refractivity contribution in [3.8, 4) is 0 Å². The van der Waals surface area contributed by atoms with Gasteiger partial charge in [0, 0.05) is 31.6 Å². The molecular weight excluding hydrogens is 328 g/mol. The lowest BCUT2D eigenvalue weighted by Gasteiger charge is -2.35. The Morgan fingerprint density at radius 1 is 1.15 bits per heavy atom. The van der Waals surface area contributed by atoms with Crippen molar-refractivity contribution in [1.29, 1.82) is 0 Å². The molecule has 26 heavy (non-hydrogen) atoms. The van der Waals surface area contributed by atoms with Gasteiger partial charge in [-0.2, -0.15) is 0 Å². The average Bonchev–Trinajstić information content (AvgIpc) is 2.68. The molecule has 5 nitrogen and oxygen atoms in total. The van der Waals surface area contributed by atoms with Crippen molar-refractivity contribution in [3.63, 3.8) is 0 Å². The molecule has 0 saturated heterocycles. The molecule has 1 heterocycles. The van der Waals surface area contributed by atoms with Crippen LogP contribution in [0.5, 0.6) is 0 Å². The predicted molar refractivity (Wildman–Crippen MR) is 101 cm³/mol. The maximum absolute atomic E-state index is 12.5. The van der Waals surface area contributed by atoms with Crippen LogP contribution in [0.25, 0.3) is 0 Å². The first kappa shape index (κ1) is 18.9. The molecule has 2 aliphatic rings. The van der Waals surface area contributed by atoms with E-state index in [0.29, 0.717) is 38.3 Å². The monoisotopic (exact) mass is 358 g/mol. The molecule has 0 aromatic heterocycles. The van der Waals surface area contributed by atoms with Gasteiger partial charge in [-0.05, 0) is 49.7 Å². The highest BCUT2D eigenvalue weighted by atomic mass is 16.4. The SMILES string of the molecule is CCC(CNC(=O)C1CCC(C(=O)O)CC1)N1CCc2ccccc2C1. The van der Waals surface area contributed by atoms with Crippen LogP contribution in [-0.4, -0.2) is 41.0 Å². The Labute approximate surface area is 155 Å². The maximum Gasteiger partial charge on any atom is 0.306 e. The summed E-state index contributed by atoms with van der Waals surface area (Å²) < 4.78 is 0. The minimum absolute atomic E-state index is 0.0230. The fourth-order valence-corrected chi connectivity index (χ4v) is 4.33. The van der Waals surface area contributed by atoms with Crippen molar-refractivity contribution in [2.75, 3.05) is 13.1 Å². The number of hydrogen-bond donors (Lipinski definition) is 2. The number of nitrogens with one attached hydrogen (secondary N) is 1. The third-order valence-corrected chi connectivity index (χ3v) is 6.11. The maximum atomic E-state index is 12.5. The van der Waals surface area contributed by atoms with Crippen LogP contribution in [0.4, 0.5) is 0 Å². The Hall–Kier alpha value is -1.88. The van der Waals surface area contributed by atoms with Gasteiger partial charge in [-0.15, -0.1) is 0 Å². The summed E-state index contributed by atoms with van der Waals surface area (Å²) in [6.45, 7) is 4.84. The molecule has 1 aromatic carbocycles. The zero-order valence-corrected chi connectivity index (χ0v) is 15.6. The normalized spacial score (nSPS) is 24.5. The van der Waals surface area contributed by atoms with Gasteiger partial charge in [-0.1, -0.05) is 31.2 Å². The molecule has 1 amide bonds. The molecule has 142 valence electrons. The molecule has 1 unspecified atom stereocenters. The van der Waals surface area contributed by atoms with E-state index in [2.05, 4.69) is 41.4 Å². The second-order valence-electron chi connectivity index (χ2n) is 7.68. The summed E-state index contributed by atoms with van der Waals surface area (Å²) in [4.78, 5) is 26.0. The van der Waals surface area contributed by atoms with Gasteiger partial charge in [0.15, 0.2) is 0 Å². The summed E-state index contributed by atoms with van der Waals surface area (Å²) in [6.07, 6.45) is 4.70. The molecule has 3 rings (SSSR count). The number of carboxylic acids is 1. The first-order valence-electron chi connectivity index (χ1n) is 9.89. The molecule has 2 N–H and O–H groups in total. The number of aliphatic carboxylic acids is 1. The van der Waals surface area contributed by atoms with Crippen LogP contribution in [0, 0.1) is 11.8 Å². The number of fused-ring (bicyclic) bond motifs is 1. The fourth-order valence-electron chi connectivity index (χ4n) is 4.33. The van der Waals surface area contributed by atoms with Gasteiger partial charge in [-0.3, -0.25) is 14.5 Å². The third-order valence-electron chi connectivity index (χ3n) is 6.11. The summed E-state index contributed by atoms with van der Waals surface area (Å²) >= 11 is 0. The standard InChI is InChI=1S/C21H30N2O3/c1-2-19(23-12-11-15-5-3-4-6-18(15)14-23)13-22-20(24)16-7-9-17(10-8-16)21(25)26/h3-6,16-17,19H,2,7-14H2,1H3,(H,22,24)(H,25,26). The highest BCUT2D eigenvalue weighted by Crippen LogP contribution is 2.29. The predicted octanol–water partition coefficient (Wildman–Crippen LogP) is 2.83. The molecule has 0 bridgehead atoms. The van der Waals surface area contributed by atoms with Crippen molar-refractivity contribution in [2.45, 2.75) is 58.0 Å². The van der Waals surface area contributed by atoms with E-state index in [-0.39, 0.29) is 17.7 Å². The van der Waals surface area contributed by atoms with Gasteiger partial charge in [0.05, 0.1) is 5.92 Å². The van der Waals surface area contributed by atoms with Crippen LogP contribution >= 0.6 is 0 Å². The molecule has 0 spiro atoms. The topological polar surface area (TPSA) is 69.6 Å². The lowest BCUT2D eigenvalue weighted by Crippen LogP contribution is -2.47. The number of hydrogen-bond acceptors (Lipinski definition) is 3. The van der Waals surface area contributed by atoms with E-state index in [1.54, 1.807) is 0 Å². The van der Waals surface area contributed by atoms with Gasteiger partial charge >= 0.3 is 5.97 Å². The Bertz CT molecular complexity index is 638. The van der Waals surface area contributed by atoms with Crippen LogP contribution in [0.2, 0.25) is 0 Å². The van der Waals surface area contributed by atoms with Gasteiger partial charge in [0.1, 0.15) is 0 Å². The Balaban J connectivity index is 1.49. The zero-order chi connectivity index (χ0) is 18.5. The van der Waals surface area contributed by atoms with Crippen LogP contribution in [-0.2, 0) is 22.6 Å². The van der Waals surface area contributed by atoms with E-state index < -0.39 is 5.97 Å². The van der Waals surface area contributed by atoms with Gasteiger partial charge in [-0.25, -0.2) is 0 Å². The fraction of sp³-hybridized carbons (Fsp3) is 0.619. The molecule has 5 heteroatoms. The van der Waals surface area contributed by atoms with Crippen molar-refractivity contribution < 1.29 is 14.7 Å². The summed E-state index contributed by atoms with van der Waals surface area (Å²) in [5, 5.41) is 12.2. The molecular formula is C21H30N2O3. The highest BCUT2D eigenvalue weighted by molar-refractivity contribution is 5.79. The lowest BCUT2D eigenvalue weighted by atomic mass is 9.81. The lowest BCUT2D eigenvalue weighted by molar-refractivity contribution is -0.144. The summed E-state index contributed by atoms with van der Waals surface area (Å²) in [6, 6.07) is 8.96. The third kappa shape index (κ3) is 4.44. The Morgan fingerprint density at radius 2 is 1.81 bits per heavy atom. The minimum Gasteiger partial charge on any atom is -0.481 e.